The Bertz CT molecular complexity index is 918. The second-order valence-corrected chi connectivity index (χ2v) is 7.15. The third-order valence-electron chi connectivity index (χ3n) is 4.21. The molecular weight excluding hydrogens is 312 g/mol. The number of hydrogen-bond donors (Lipinski definition) is 1. The van der Waals surface area contributed by atoms with E-state index in [0.717, 1.165) is 21.4 Å². The van der Waals surface area contributed by atoms with Gasteiger partial charge in [-0.25, -0.2) is 0 Å². The maximum Gasteiger partial charge on any atom is 0.281 e. The van der Waals surface area contributed by atoms with Gasteiger partial charge in [-0.2, -0.15) is 9.67 Å². The number of nitrogens with zero attached hydrogens (tertiary/aromatic N) is 3. The van der Waals surface area contributed by atoms with Crippen LogP contribution in [0.5, 0.6) is 0 Å². The van der Waals surface area contributed by atoms with Crippen molar-refractivity contribution in [2.24, 2.45) is 0 Å². The summed E-state index contributed by atoms with van der Waals surface area (Å²) in [7, 11) is 0. The standard InChI is InChI=1S/C20H22N4O/c1-13-7-5-6-8-16(13)17-22-19(21)24(23-17)18(25)14-9-11-15(12-10-14)20(2,3)4/h5-12H,1-4H3,(H2,21,22,23). The van der Waals surface area contributed by atoms with Crippen LogP contribution in [0, 0.1) is 6.92 Å². The Morgan fingerprint density at radius 3 is 2.28 bits per heavy atom. The largest absolute Gasteiger partial charge is 0.368 e. The molecule has 0 unspecified atom stereocenters. The molecule has 0 bridgehead atoms. The van der Waals surface area contributed by atoms with Crippen molar-refractivity contribution in [1.29, 1.82) is 0 Å². The van der Waals surface area contributed by atoms with E-state index in [4.69, 9.17) is 5.73 Å². The molecule has 1 aromatic heterocycles. The molecule has 1 heterocycles. The molecule has 0 amide bonds. The molecule has 5 nitrogen and oxygen atoms in total. The van der Waals surface area contributed by atoms with Gasteiger partial charge in [-0.1, -0.05) is 57.2 Å². The van der Waals surface area contributed by atoms with Crippen LogP contribution in [0.25, 0.3) is 11.4 Å². The quantitative estimate of drug-likeness (QED) is 0.773. The van der Waals surface area contributed by atoms with Crippen molar-refractivity contribution in [3.8, 4) is 11.4 Å². The molecule has 3 rings (SSSR count). The summed E-state index contributed by atoms with van der Waals surface area (Å²) in [5.74, 6) is 0.253. The Morgan fingerprint density at radius 1 is 1.04 bits per heavy atom. The van der Waals surface area contributed by atoms with Crippen molar-refractivity contribution in [2.75, 3.05) is 5.73 Å². The molecule has 0 aliphatic rings. The van der Waals surface area contributed by atoms with E-state index >= 15 is 0 Å². The minimum atomic E-state index is -0.287. The van der Waals surface area contributed by atoms with Crippen molar-refractivity contribution < 1.29 is 4.79 Å². The molecule has 2 aromatic carbocycles. The minimum absolute atomic E-state index is 0.0336. The van der Waals surface area contributed by atoms with E-state index in [1.807, 2.05) is 43.3 Å². The molecule has 0 aliphatic heterocycles. The zero-order valence-electron chi connectivity index (χ0n) is 14.9. The molecule has 0 fully saturated rings. The number of benzene rings is 2. The molecule has 5 heteroatoms. The Balaban J connectivity index is 1.95. The lowest BCUT2D eigenvalue weighted by Crippen LogP contribution is -2.17. The van der Waals surface area contributed by atoms with Crippen LogP contribution >= 0.6 is 0 Å². The fourth-order valence-corrected chi connectivity index (χ4v) is 2.65. The van der Waals surface area contributed by atoms with Gasteiger partial charge < -0.3 is 5.73 Å². The van der Waals surface area contributed by atoms with E-state index in [9.17, 15) is 4.79 Å². The number of aromatic nitrogens is 3. The Kier molecular flexibility index (Phi) is 4.17. The number of carbonyl (C=O) groups is 1. The molecule has 0 saturated carbocycles. The van der Waals surface area contributed by atoms with Crippen molar-refractivity contribution in [2.45, 2.75) is 33.1 Å². The zero-order valence-corrected chi connectivity index (χ0v) is 14.9. The van der Waals surface area contributed by atoms with Crippen LogP contribution in [-0.4, -0.2) is 20.7 Å². The van der Waals surface area contributed by atoms with E-state index in [0.29, 0.717) is 11.4 Å². The molecular formula is C20H22N4O. The second kappa shape index (κ2) is 6.16. The molecule has 2 N–H and O–H groups in total. The summed E-state index contributed by atoms with van der Waals surface area (Å²) >= 11 is 0. The normalized spacial score (nSPS) is 11.5. The van der Waals surface area contributed by atoms with Crippen LogP contribution in [0.2, 0.25) is 0 Å². The highest BCUT2D eigenvalue weighted by Gasteiger charge is 2.19. The van der Waals surface area contributed by atoms with Gasteiger partial charge in [-0.15, -0.1) is 5.10 Å². The lowest BCUT2D eigenvalue weighted by molar-refractivity contribution is 0.0948. The lowest BCUT2D eigenvalue weighted by atomic mass is 9.87. The van der Waals surface area contributed by atoms with E-state index in [1.165, 1.54) is 0 Å². The molecule has 3 aromatic rings. The minimum Gasteiger partial charge on any atom is -0.368 e. The topological polar surface area (TPSA) is 73.8 Å². The van der Waals surface area contributed by atoms with E-state index in [2.05, 4.69) is 30.9 Å². The van der Waals surface area contributed by atoms with Crippen molar-refractivity contribution in [3.05, 3.63) is 65.2 Å². The fraction of sp³-hybridized carbons (Fsp3) is 0.250. The average molecular weight is 334 g/mol. The van der Waals surface area contributed by atoms with Gasteiger partial charge in [0, 0.05) is 11.1 Å². The monoisotopic (exact) mass is 334 g/mol. The molecule has 0 saturated heterocycles. The molecule has 0 radical (unpaired) electrons. The third kappa shape index (κ3) is 3.31. The first-order chi connectivity index (χ1) is 11.8. The lowest BCUT2D eigenvalue weighted by Gasteiger charge is -2.18. The number of hydrogen-bond acceptors (Lipinski definition) is 4. The summed E-state index contributed by atoms with van der Waals surface area (Å²) in [6.07, 6.45) is 0. The first-order valence-electron chi connectivity index (χ1n) is 8.21. The number of aryl methyl sites for hydroxylation is 1. The predicted molar refractivity (Wildman–Crippen MR) is 99.5 cm³/mol. The molecule has 0 atom stereocenters. The summed E-state index contributed by atoms with van der Waals surface area (Å²) in [6, 6.07) is 15.3. The summed E-state index contributed by atoms with van der Waals surface area (Å²) in [6.45, 7) is 8.37. The highest BCUT2D eigenvalue weighted by molar-refractivity contribution is 5.97. The highest BCUT2D eigenvalue weighted by Crippen LogP contribution is 2.24. The van der Waals surface area contributed by atoms with Gasteiger partial charge >= 0.3 is 0 Å². The molecule has 0 aliphatic carbocycles. The molecule has 0 spiro atoms. The smallest absolute Gasteiger partial charge is 0.281 e. The van der Waals surface area contributed by atoms with Crippen molar-refractivity contribution in [1.82, 2.24) is 14.8 Å². The maximum atomic E-state index is 12.7. The number of nitrogens with two attached hydrogens (primary N) is 1. The van der Waals surface area contributed by atoms with Crippen LogP contribution in [0.15, 0.2) is 48.5 Å². The van der Waals surface area contributed by atoms with E-state index < -0.39 is 0 Å². The average Bonchev–Trinajstić information content (AvgIpc) is 2.95. The summed E-state index contributed by atoms with van der Waals surface area (Å²) in [5, 5.41) is 4.32. The Hall–Kier alpha value is -2.95. The number of anilines is 1. The van der Waals surface area contributed by atoms with Gasteiger partial charge in [0.2, 0.25) is 5.95 Å². The van der Waals surface area contributed by atoms with Gasteiger partial charge in [0.1, 0.15) is 0 Å². The third-order valence-corrected chi connectivity index (χ3v) is 4.21. The number of carbonyl (C=O) groups excluding carboxylic acids is 1. The van der Waals surface area contributed by atoms with E-state index in [-0.39, 0.29) is 17.3 Å². The molecule has 128 valence electrons. The Morgan fingerprint density at radius 2 is 1.68 bits per heavy atom. The zero-order chi connectivity index (χ0) is 18.2. The van der Waals surface area contributed by atoms with Crippen LogP contribution in [0.3, 0.4) is 0 Å². The van der Waals surface area contributed by atoms with Crippen molar-refractivity contribution in [3.63, 3.8) is 0 Å². The SMILES string of the molecule is Cc1ccccc1-c1nc(N)n(C(=O)c2ccc(C(C)(C)C)cc2)n1. The highest BCUT2D eigenvalue weighted by atomic mass is 16.2. The van der Waals surface area contributed by atoms with Crippen molar-refractivity contribution >= 4 is 11.9 Å². The van der Waals surface area contributed by atoms with Crippen LogP contribution < -0.4 is 5.73 Å². The van der Waals surface area contributed by atoms with E-state index in [1.54, 1.807) is 12.1 Å². The fourth-order valence-electron chi connectivity index (χ4n) is 2.65. The summed E-state index contributed by atoms with van der Waals surface area (Å²) in [4.78, 5) is 17.0. The van der Waals surface area contributed by atoms with Gasteiger partial charge in [0.25, 0.3) is 5.91 Å². The van der Waals surface area contributed by atoms with Crippen LogP contribution in [0.1, 0.15) is 42.3 Å². The van der Waals surface area contributed by atoms with Gasteiger partial charge in [-0.05, 0) is 35.6 Å². The molecule has 25 heavy (non-hydrogen) atoms. The van der Waals surface area contributed by atoms with Gasteiger partial charge in [0.05, 0.1) is 0 Å². The summed E-state index contributed by atoms with van der Waals surface area (Å²) in [5.41, 5.74) is 9.55. The van der Waals surface area contributed by atoms with Crippen LogP contribution in [-0.2, 0) is 5.41 Å². The van der Waals surface area contributed by atoms with Crippen LogP contribution in [0.4, 0.5) is 5.95 Å². The second-order valence-electron chi connectivity index (χ2n) is 7.15. The van der Waals surface area contributed by atoms with Gasteiger partial charge in [-0.3, -0.25) is 4.79 Å². The first-order valence-corrected chi connectivity index (χ1v) is 8.21. The first kappa shape index (κ1) is 16.9. The van der Waals surface area contributed by atoms with Gasteiger partial charge in [0.15, 0.2) is 5.82 Å². The Labute approximate surface area is 147 Å². The maximum absolute atomic E-state index is 12.7. The predicted octanol–water partition coefficient (Wildman–Crippen LogP) is 3.82. The summed E-state index contributed by atoms with van der Waals surface area (Å²) < 4.78 is 1.16. The number of nitrogen functional groups attached to an aromatic ring is 1. The number of rotatable bonds is 2.